The van der Waals surface area contributed by atoms with Crippen molar-refractivity contribution in [1.29, 1.82) is 0 Å². The van der Waals surface area contributed by atoms with Gasteiger partial charge in [-0.25, -0.2) is 13.6 Å². The van der Waals surface area contributed by atoms with Gasteiger partial charge in [-0.3, -0.25) is 0 Å². The highest BCUT2D eigenvalue weighted by Crippen LogP contribution is 2.39. The summed E-state index contributed by atoms with van der Waals surface area (Å²) in [5.74, 6) is -2.68. The van der Waals surface area contributed by atoms with Gasteiger partial charge in [0, 0.05) is 26.4 Å². The SMILES string of the molecule is CN(CC1CCC(F)(F)C1)C(=O)OC(C)(C)C. The van der Waals surface area contributed by atoms with E-state index in [1.165, 1.54) is 4.90 Å². The number of rotatable bonds is 2. The van der Waals surface area contributed by atoms with Gasteiger partial charge in [0.1, 0.15) is 5.60 Å². The molecule has 0 aromatic rings. The average molecular weight is 249 g/mol. The van der Waals surface area contributed by atoms with E-state index in [2.05, 4.69) is 0 Å². The number of carbonyl (C=O) groups is 1. The van der Waals surface area contributed by atoms with Crippen molar-refractivity contribution in [2.45, 2.75) is 51.6 Å². The van der Waals surface area contributed by atoms with Crippen molar-refractivity contribution in [3.63, 3.8) is 0 Å². The average Bonchev–Trinajstić information content (AvgIpc) is 2.42. The minimum absolute atomic E-state index is 0.0696. The van der Waals surface area contributed by atoms with E-state index in [1.54, 1.807) is 27.8 Å². The first-order chi connectivity index (χ1) is 7.59. The number of halogens is 2. The second kappa shape index (κ2) is 4.78. The Labute approximate surface area is 101 Å². The highest BCUT2D eigenvalue weighted by Gasteiger charge is 2.40. The maximum Gasteiger partial charge on any atom is 0.410 e. The van der Waals surface area contributed by atoms with E-state index in [4.69, 9.17) is 4.74 Å². The Balaban J connectivity index is 2.40. The minimum atomic E-state index is -2.56. The Kier molecular flexibility index (Phi) is 3.99. The molecule has 17 heavy (non-hydrogen) atoms. The Morgan fingerprint density at radius 1 is 1.47 bits per heavy atom. The molecule has 0 aromatic heterocycles. The molecule has 0 bridgehead atoms. The van der Waals surface area contributed by atoms with Crippen LogP contribution in [0.3, 0.4) is 0 Å². The van der Waals surface area contributed by atoms with Crippen molar-refractivity contribution in [3.05, 3.63) is 0 Å². The molecule has 1 rings (SSSR count). The summed E-state index contributed by atoms with van der Waals surface area (Å²) in [4.78, 5) is 13.0. The molecule has 1 fully saturated rings. The Hall–Kier alpha value is -0.870. The van der Waals surface area contributed by atoms with Crippen molar-refractivity contribution in [2.24, 2.45) is 5.92 Å². The number of hydrogen-bond acceptors (Lipinski definition) is 2. The topological polar surface area (TPSA) is 29.5 Å². The molecule has 3 nitrogen and oxygen atoms in total. The number of hydrogen-bond donors (Lipinski definition) is 0. The number of amides is 1. The zero-order valence-electron chi connectivity index (χ0n) is 10.9. The predicted octanol–water partition coefficient (Wildman–Crippen LogP) is 3.29. The molecular formula is C12H21F2NO2. The highest BCUT2D eigenvalue weighted by atomic mass is 19.3. The Morgan fingerprint density at radius 2 is 2.06 bits per heavy atom. The van der Waals surface area contributed by atoms with Gasteiger partial charge in [-0.15, -0.1) is 0 Å². The first kappa shape index (κ1) is 14.2. The van der Waals surface area contributed by atoms with E-state index >= 15 is 0 Å². The van der Waals surface area contributed by atoms with Crippen LogP contribution in [-0.4, -0.2) is 36.1 Å². The summed E-state index contributed by atoms with van der Waals surface area (Å²) in [6.45, 7) is 5.68. The van der Waals surface area contributed by atoms with Crippen molar-refractivity contribution in [1.82, 2.24) is 4.90 Å². The van der Waals surface area contributed by atoms with Gasteiger partial charge >= 0.3 is 6.09 Å². The monoisotopic (exact) mass is 249 g/mol. The lowest BCUT2D eigenvalue weighted by Crippen LogP contribution is -2.36. The molecule has 0 N–H and O–H groups in total. The summed E-state index contributed by atoms with van der Waals surface area (Å²) in [7, 11) is 1.59. The Morgan fingerprint density at radius 3 is 2.47 bits per heavy atom. The number of carbonyl (C=O) groups excluding carboxylic acids is 1. The summed E-state index contributed by atoms with van der Waals surface area (Å²) in [6, 6.07) is 0. The van der Waals surface area contributed by atoms with Crippen LogP contribution in [0.15, 0.2) is 0 Å². The summed E-state index contributed by atoms with van der Waals surface area (Å²) in [6.07, 6.45) is -0.173. The van der Waals surface area contributed by atoms with Crippen LogP contribution in [0.25, 0.3) is 0 Å². The lowest BCUT2D eigenvalue weighted by molar-refractivity contribution is 0.00117. The zero-order valence-corrected chi connectivity index (χ0v) is 10.9. The van der Waals surface area contributed by atoms with E-state index in [1.807, 2.05) is 0 Å². The number of nitrogens with zero attached hydrogens (tertiary/aromatic N) is 1. The molecule has 1 aliphatic rings. The molecule has 0 radical (unpaired) electrons. The van der Waals surface area contributed by atoms with Crippen molar-refractivity contribution < 1.29 is 18.3 Å². The summed E-state index contributed by atoms with van der Waals surface area (Å²) >= 11 is 0. The van der Waals surface area contributed by atoms with Gasteiger partial charge < -0.3 is 9.64 Å². The maximum absolute atomic E-state index is 13.0. The van der Waals surface area contributed by atoms with Crippen molar-refractivity contribution in [3.8, 4) is 0 Å². The zero-order chi connectivity index (χ0) is 13.3. The van der Waals surface area contributed by atoms with E-state index < -0.39 is 17.6 Å². The predicted molar refractivity (Wildman–Crippen MR) is 61.2 cm³/mol. The number of alkyl halides is 2. The summed E-state index contributed by atoms with van der Waals surface area (Å²) in [5.41, 5.74) is -0.551. The van der Waals surface area contributed by atoms with Gasteiger partial charge in [0.05, 0.1) is 0 Å². The molecule has 1 saturated carbocycles. The molecule has 1 atom stereocenters. The largest absolute Gasteiger partial charge is 0.444 e. The first-order valence-corrected chi connectivity index (χ1v) is 5.91. The van der Waals surface area contributed by atoms with E-state index in [-0.39, 0.29) is 18.8 Å². The third kappa shape index (κ3) is 4.88. The van der Waals surface area contributed by atoms with Gasteiger partial charge in [0.15, 0.2) is 0 Å². The standard InChI is InChI=1S/C12H21F2NO2/c1-11(2,3)17-10(16)15(4)8-9-5-6-12(13,14)7-9/h9H,5-8H2,1-4H3. The number of ether oxygens (including phenoxy) is 1. The smallest absolute Gasteiger partial charge is 0.410 e. The fourth-order valence-electron chi connectivity index (χ4n) is 2.00. The van der Waals surface area contributed by atoms with Crippen LogP contribution in [0.4, 0.5) is 13.6 Å². The molecule has 0 saturated heterocycles. The molecular weight excluding hydrogens is 228 g/mol. The van der Waals surface area contributed by atoms with E-state index in [0.29, 0.717) is 13.0 Å². The molecule has 0 heterocycles. The van der Waals surface area contributed by atoms with Crippen molar-refractivity contribution >= 4 is 6.09 Å². The maximum atomic E-state index is 13.0. The fraction of sp³-hybridized carbons (Fsp3) is 0.917. The molecule has 1 amide bonds. The van der Waals surface area contributed by atoms with Crippen molar-refractivity contribution in [2.75, 3.05) is 13.6 Å². The molecule has 1 aliphatic carbocycles. The van der Waals surface area contributed by atoms with Gasteiger partial charge in [0.2, 0.25) is 5.92 Å². The van der Waals surface area contributed by atoms with Crippen LogP contribution >= 0.6 is 0 Å². The third-order valence-corrected chi connectivity index (χ3v) is 2.74. The second-order valence-corrected chi connectivity index (χ2v) is 5.83. The van der Waals surface area contributed by atoms with Crippen LogP contribution < -0.4 is 0 Å². The molecule has 1 unspecified atom stereocenters. The van der Waals surface area contributed by atoms with E-state index in [9.17, 15) is 13.6 Å². The fourth-order valence-corrected chi connectivity index (χ4v) is 2.00. The first-order valence-electron chi connectivity index (χ1n) is 5.91. The van der Waals surface area contributed by atoms with Crippen LogP contribution in [0.2, 0.25) is 0 Å². The second-order valence-electron chi connectivity index (χ2n) is 5.83. The van der Waals surface area contributed by atoms with Crippen LogP contribution in [0, 0.1) is 5.92 Å². The normalized spacial score (nSPS) is 23.5. The molecule has 0 spiro atoms. The molecule has 0 aliphatic heterocycles. The molecule has 5 heteroatoms. The van der Waals surface area contributed by atoms with Gasteiger partial charge in [-0.05, 0) is 33.1 Å². The Bertz CT molecular complexity index is 287. The van der Waals surface area contributed by atoms with Crippen LogP contribution in [-0.2, 0) is 4.74 Å². The third-order valence-electron chi connectivity index (χ3n) is 2.74. The highest BCUT2D eigenvalue weighted by molar-refractivity contribution is 5.67. The summed E-state index contributed by atoms with van der Waals surface area (Å²) < 4.78 is 31.1. The summed E-state index contributed by atoms with van der Waals surface area (Å²) in [5, 5.41) is 0. The van der Waals surface area contributed by atoms with Gasteiger partial charge in [-0.1, -0.05) is 0 Å². The van der Waals surface area contributed by atoms with Crippen LogP contribution in [0.5, 0.6) is 0 Å². The molecule has 100 valence electrons. The van der Waals surface area contributed by atoms with Gasteiger partial charge in [-0.2, -0.15) is 0 Å². The van der Waals surface area contributed by atoms with Crippen LogP contribution in [0.1, 0.15) is 40.0 Å². The molecule has 0 aromatic carbocycles. The van der Waals surface area contributed by atoms with Gasteiger partial charge in [0.25, 0.3) is 0 Å². The minimum Gasteiger partial charge on any atom is -0.444 e. The van der Waals surface area contributed by atoms with E-state index in [0.717, 1.165) is 0 Å². The lowest BCUT2D eigenvalue weighted by Gasteiger charge is -2.26. The lowest BCUT2D eigenvalue weighted by atomic mass is 10.1. The quantitative estimate of drug-likeness (QED) is 0.751.